The number of hydrogen-bond acceptors (Lipinski definition) is 7. The number of methoxy groups -OCH3 is 2. The smallest absolute Gasteiger partial charge is 0.333 e. The zero-order valence-corrected chi connectivity index (χ0v) is 25.7. The van der Waals surface area contributed by atoms with E-state index >= 15 is 4.39 Å². The maximum Gasteiger partial charge on any atom is 0.333 e. The molecule has 0 amide bonds. The van der Waals surface area contributed by atoms with Crippen LogP contribution in [0.15, 0.2) is 89.7 Å². The van der Waals surface area contributed by atoms with Crippen LogP contribution in [-0.2, 0) is 29.7 Å². The molecule has 0 saturated carbocycles. The van der Waals surface area contributed by atoms with Crippen molar-refractivity contribution >= 4 is 16.7 Å². The minimum Gasteiger partial charge on any atom is -0.473 e. The van der Waals surface area contributed by atoms with E-state index in [1.54, 1.807) is 45.5 Å². The first-order chi connectivity index (χ1) is 22.0. The summed E-state index contributed by atoms with van der Waals surface area (Å²) in [6.07, 6.45) is 1.32. The molecule has 0 aliphatic carbocycles. The molecule has 2 aromatic heterocycles. The van der Waals surface area contributed by atoms with Gasteiger partial charge in [-0.05, 0) is 42.2 Å². The van der Waals surface area contributed by atoms with Gasteiger partial charge in [0.1, 0.15) is 24.4 Å². The Morgan fingerprint density at radius 3 is 2.04 bits per heavy atom. The molecule has 1 aliphatic rings. The van der Waals surface area contributed by atoms with Crippen molar-refractivity contribution in [3.63, 3.8) is 0 Å². The highest BCUT2D eigenvalue weighted by molar-refractivity contribution is 5.83. The summed E-state index contributed by atoms with van der Waals surface area (Å²) in [5.74, 6) is 0.341. The van der Waals surface area contributed by atoms with Gasteiger partial charge in [0.2, 0.25) is 11.8 Å². The molecule has 0 N–H and O–H groups in total. The van der Waals surface area contributed by atoms with Gasteiger partial charge in [0, 0.05) is 46.3 Å². The third kappa shape index (κ3) is 6.29. The molecule has 10 heteroatoms. The van der Waals surface area contributed by atoms with Crippen LogP contribution in [0.25, 0.3) is 16.7 Å². The van der Waals surface area contributed by atoms with Crippen LogP contribution in [0, 0.1) is 11.7 Å². The molecule has 0 spiro atoms. The summed E-state index contributed by atoms with van der Waals surface area (Å²) in [5, 5.41) is 0. The number of imidazole rings is 1. The van der Waals surface area contributed by atoms with Crippen molar-refractivity contribution in [2.75, 3.05) is 32.2 Å². The van der Waals surface area contributed by atoms with E-state index in [1.807, 2.05) is 65.6 Å². The number of piperidine rings is 1. The van der Waals surface area contributed by atoms with Crippen LogP contribution in [0.2, 0.25) is 0 Å². The predicted octanol–water partition coefficient (Wildman–Crippen LogP) is 5.86. The molecule has 0 bridgehead atoms. The van der Waals surface area contributed by atoms with E-state index in [4.69, 9.17) is 18.9 Å². The normalized spacial score (nSPS) is 13.9. The van der Waals surface area contributed by atoms with Crippen LogP contribution in [0.4, 0.5) is 10.1 Å². The van der Waals surface area contributed by atoms with Gasteiger partial charge < -0.3 is 23.8 Å². The number of fused-ring (bicyclic) bond motifs is 1. The van der Waals surface area contributed by atoms with Crippen molar-refractivity contribution in [1.29, 1.82) is 0 Å². The lowest BCUT2D eigenvalue weighted by atomic mass is 9.95. The van der Waals surface area contributed by atoms with E-state index < -0.39 is 11.5 Å². The molecule has 1 fully saturated rings. The second-order valence-electron chi connectivity index (χ2n) is 11.1. The quantitative estimate of drug-likeness (QED) is 0.173. The topological polar surface area (TPSA) is 80.0 Å². The Morgan fingerprint density at radius 2 is 1.42 bits per heavy atom. The average molecular weight is 613 g/mol. The number of halogens is 1. The zero-order valence-electron chi connectivity index (χ0n) is 25.7. The van der Waals surface area contributed by atoms with Crippen molar-refractivity contribution in [2.24, 2.45) is 13.0 Å². The van der Waals surface area contributed by atoms with Crippen molar-refractivity contribution in [1.82, 2.24) is 14.1 Å². The van der Waals surface area contributed by atoms with E-state index in [1.165, 1.54) is 9.13 Å². The van der Waals surface area contributed by atoms with E-state index in [9.17, 15) is 4.79 Å². The fraction of sp³-hybridized carbons (Fsp3) is 0.314. The molecule has 1 aliphatic heterocycles. The number of aromatic nitrogens is 3. The van der Waals surface area contributed by atoms with Crippen LogP contribution in [0.1, 0.15) is 24.0 Å². The lowest BCUT2D eigenvalue weighted by Crippen LogP contribution is -2.39. The molecule has 3 aromatic carbocycles. The second-order valence-corrected chi connectivity index (χ2v) is 11.1. The lowest BCUT2D eigenvalue weighted by Gasteiger charge is -2.36. The first kappa shape index (κ1) is 30.4. The molecular weight excluding hydrogens is 575 g/mol. The Morgan fingerprint density at radius 1 is 0.822 bits per heavy atom. The number of benzene rings is 3. The minimum atomic E-state index is -0.443. The minimum absolute atomic E-state index is 0.205. The van der Waals surface area contributed by atoms with Gasteiger partial charge in [-0.1, -0.05) is 60.7 Å². The van der Waals surface area contributed by atoms with Crippen molar-refractivity contribution < 1.29 is 23.3 Å². The summed E-state index contributed by atoms with van der Waals surface area (Å²) >= 11 is 0. The highest BCUT2D eigenvalue weighted by atomic mass is 19.1. The first-order valence-electron chi connectivity index (χ1n) is 15.0. The highest BCUT2D eigenvalue weighted by Gasteiger charge is 2.29. The van der Waals surface area contributed by atoms with Crippen molar-refractivity contribution in [3.05, 3.63) is 112 Å². The van der Waals surface area contributed by atoms with Crippen LogP contribution in [0.3, 0.4) is 0 Å². The maximum atomic E-state index is 16.3. The Balaban J connectivity index is 1.34. The van der Waals surface area contributed by atoms with E-state index in [-0.39, 0.29) is 30.2 Å². The van der Waals surface area contributed by atoms with Gasteiger partial charge in [0.15, 0.2) is 12.1 Å². The molecule has 234 valence electrons. The lowest BCUT2D eigenvalue weighted by molar-refractivity contribution is -0.141. The molecule has 45 heavy (non-hydrogen) atoms. The van der Waals surface area contributed by atoms with Crippen LogP contribution < -0.4 is 20.1 Å². The zero-order chi connectivity index (χ0) is 31.3. The molecule has 5 aromatic rings. The average Bonchev–Trinajstić information content (AvgIpc) is 3.34. The highest BCUT2D eigenvalue weighted by Crippen LogP contribution is 2.34. The molecule has 3 heterocycles. The fourth-order valence-corrected chi connectivity index (χ4v) is 5.99. The van der Waals surface area contributed by atoms with Crippen molar-refractivity contribution in [2.45, 2.75) is 32.3 Å². The van der Waals surface area contributed by atoms with E-state index in [0.29, 0.717) is 42.5 Å². The molecule has 0 atom stereocenters. The largest absolute Gasteiger partial charge is 0.473 e. The maximum absolute atomic E-state index is 16.3. The number of rotatable bonds is 11. The molecule has 1 saturated heterocycles. The standard InChI is InChI=1S/C35H37FN4O5/c1-38-32-28(15-14-27(31(32)36)39-20-18-26(19-21-39)34(42-2)43-3)40(35(38)41)29-16-17-30(44-22-24-10-6-4-7-11-24)37-33(29)45-23-25-12-8-5-9-13-25/h4-17,26,34H,18-23H2,1-3H3. The third-order valence-corrected chi connectivity index (χ3v) is 8.36. The number of ether oxygens (including phenoxy) is 4. The van der Waals surface area contributed by atoms with E-state index in [2.05, 4.69) is 4.98 Å². The number of hydrogen-bond donors (Lipinski definition) is 0. The fourth-order valence-electron chi connectivity index (χ4n) is 5.99. The third-order valence-electron chi connectivity index (χ3n) is 8.36. The Bertz CT molecular complexity index is 1800. The summed E-state index contributed by atoms with van der Waals surface area (Å²) in [6.45, 7) is 1.85. The van der Waals surface area contributed by atoms with Gasteiger partial charge in [-0.25, -0.2) is 9.18 Å². The van der Waals surface area contributed by atoms with Gasteiger partial charge in [0.25, 0.3) is 0 Å². The summed E-state index contributed by atoms with van der Waals surface area (Å²) in [4.78, 5) is 20.4. The summed E-state index contributed by atoms with van der Waals surface area (Å²) in [5.41, 5.74) is 3.01. The summed E-state index contributed by atoms with van der Waals surface area (Å²) < 4.78 is 42.1. The van der Waals surface area contributed by atoms with Gasteiger partial charge in [-0.2, -0.15) is 4.98 Å². The van der Waals surface area contributed by atoms with E-state index in [0.717, 1.165) is 24.0 Å². The van der Waals surface area contributed by atoms with Gasteiger partial charge in [-0.3, -0.25) is 9.13 Å². The SMILES string of the molecule is COC(OC)C1CCN(c2ccc3c(c2F)n(C)c(=O)n3-c2ccc(OCc3ccccc3)nc2OCc2ccccc2)CC1. The van der Waals surface area contributed by atoms with Crippen LogP contribution in [-0.4, -0.2) is 47.7 Å². The monoisotopic (exact) mass is 612 g/mol. The molecule has 6 rings (SSSR count). The van der Waals surface area contributed by atoms with Gasteiger partial charge >= 0.3 is 5.69 Å². The summed E-state index contributed by atoms with van der Waals surface area (Å²) in [7, 11) is 4.85. The molecule has 0 radical (unpaired) electrons. The molecule has 9 nitrogen and oxygen atoms in total. The number of anilines is 1. The first-order valence-corrected chi connectivity index (χ1v) is 15.0. The molecular formula is C35H37FN4O5. The Hall–Kier alpha value is -4.67. The number of nitrogens with zero attached hydrogens (tertiary/aromatic N) is 4. The second kappa shape index (κ2) is 13.5. The van der Waals surface area contributed by atoms with Crippen LogP contribution >= 0.6 is 0 Å². The van der Waals surface area contributed by atoms with Gasteiger partial charge in [0.05, 0.1) is 11.2 Å². The Labute approximate surface area is 261 Å². The predicted molar refractivity (Wildman–Crippen MR) is 171 cm³/mol. The van der Waals surface area contributed by atoms with Crippen LogP contribution in [0.5, 0.6) is 11.8 Å². The number of aryl methyl sites for hydroxylation is 1. The van der Waals surface area contributed by atoms with Gasteiger partial charge in [-0.15, -0.1) is 0 Å². The van der Waals surface area contributed by atoms with Crippen molar-refractivity contribution in [3.8, 4) is 17.4 Å². The summed E-state index contributed by atoms with van der Waals surface area (Å²) in [6, 6.07) is 26.4. The number of pyridine rings is 1. The molecule has 0 unspecified atom stereocenters. The Kier molecular flexibility index (Phi) is 9.13.